The Labute approximate surface area is 215 Å². The van der Waals surface area contributed by atoms with E-state index in [1.54, 1.807) is 0 Å². The fourth-order valence-corrected chi connectivity index (χ4v) is 5.73. The number of para-hydroxylation sites is 2. The summed E-state index contributed by atoms with van der Waals surface area (Å²) in [7, 11) is 0. The molecule has 0 saturated carbocycles. The van der Waals surface area contributed by atoms with Gasteiger partial charge in [-0.05, 0) is 71.8 Å². The summed E-state index contributed by atoms with van der Waals surface area (Å²) in [4.78, 5) is 4.74. The summed E-state index contributed by atoms with van der Waals surface area (Å²) < 4.78 is 0. The van der Waals surface area contributed by atoms with Crippen LogP contribution in [0.5, 0.6) is 0 Å². The van der Waals surface area contributed by atoms with Crippen LogP contribution in [0.2, 0.25) is 0 Å². The average Bonchev–Trinajstić information content (AvgIpc) is 2.98. The van der Waals surface area contributed by atoms with Crippen LogP contribution < -0.4 is 9.80 Å². The number of anilines is 4. The molecule has 4 nitrogen and oxygen atoms in total. The molecule has 0 unspecified atom stereocenters. The topological polar surface area (TPSA) is 54.1 Å². The van der Waals surface area contributed by atoms with E-state index in [2.05, 4.69) is 88.7 Å². The van der Waals surface area contributed by atoms with E-state index in [1.807, 2.05) is 48.5 Å². The summed E-state index contributed by atoms with van der Waals surface area (Å²) in [5, 5.41) is 18.8. The lowest BCUT2D eigenvalue weighted by Gasteiger charge is -2.50. The van der Waals surface area contributed by atoms with E-state index in [9.17, 15) is 10.5 Å². The maximum absolute atomic E-state index is 9.42. The zero-order chi connectivity index (χ0) is 24.9. The Morgan fingerprint density at radius 2 is 0.865 bits per heavy atom. The van der Waals surface area contributed by atoms with Crippen LogP contribution in [0.25, 0.3) is 22.3 Å². The molecule has 37 heavy (non-hydrogen) atoms. The molecule has 0 saturated heterocycles. The Morgan fingerprint density at radius 3 is 1.30 bits per heavy atom. The lowest BCUT2D eigenvalue weighted by Crippen LogP contribution is -2.41. The molecule has 0 bridgehead atoms. The molecular weight excluding hydrogens is 452 g/mol. The van der Waals surface area contributed by atoms with Gasteiger partial charge in [-0.25, -0.2) is 0 Å². The van der Waals surface area contributed by atoms with Gasteiger partial charge in [-0.15, -0.1) is 0 Å². The molecule has 0 radical (unpaired) electrons. The van der Waals surface area contributed by atoms with Gasteiger partial charge >= 0.3 is 0 Å². The summed E-state index contributed by atoms with van der Waals surface area (Å²) in [6, 6.07) is 43.7. The van der Waals surface area contributed by atoms with Crippen LogP contribution >= 0.6 is 0 Å². The molecule has 2 heterocycles. The predicted octanol–water partition coefficient (Wildman–Crippen LogP) is 8.07. The molecule has 0 spiro atoms. The lowest BCUT2D eigenvalue weighted by atomic mass is 9.81. The van der Waals surface area contributed by atoms with Crippen molar-refractivity contribution in [2.45, 2.75) is 6.17 Å². The molecule has 0 fully saturated rings. The first-order chi connectivity index (χ1) is 18.3. The largest absolute Gasteiger partial charge is 0.315 e. The van der Waals surface area contributed by atoms with E-state index in [0.717, 1.165) is 22.7 Å². The van der Waals surface area contributed by atoms with E-state index in [-0.39, 0.29) is 6.17 Å². The molecule has 2 aliphatic heterocycles. The highest BCUT2D eigenvalue weighted by Crippen LogP contribution is 2.58. The summed E-state index contributed by atoms with van der Waals surface area (Å²) in [5.41, 5.74) is 11.5. The SMILES string of the molecule is N#Cc1ccc(N2c3ccccc3-c3cccc4c3C2N(c2ccc(C#N)cc2)c2ccccc2-4)cc1. The molecule has 0 aromatic heterocycles. The first-order valence-corrected chi connectivity index (χ1v) is 12.2. The maximum Gasteiger partial charge on any atom is 0.138 e. The van der Waals surface area contributed by atoms with Crippen LogP contribution in [-0.4, -0.2) is 0 Å². The number of nitrogens with zero attached hydrogens (tertiary/aromatic N) is 4. The van der Waals surface area contributed by atoms with Gasteiger partial charge in [0.05, 0.1) is 34.6 Å². The highest BCUT2D eigenvalue weighted by molar-refractivity contribution is 5.99. The van der Waals surface area contributed by atoms with Gasteiger partial charge in [-0.3, -0.25) is 0 Å². The Balaban J connectivity index is 1.57. The Kier molecular flexibility index (Phi) is 4.61. The second-order valence-electron chi connectivity index (χ2n) is 9.23. The number of fused-ring (bicyclic) bond motifs is 4. The first kappa shape index (κ1) is 21.0. The molecular formula is C33H20N4. The fraction of sp³-hybridized carbons (Fsp3) is 0.0303. The third-order valence-corrected chi connectivity index (χ3v) is 7.31. The first-order valence-electron chi connectivity index (χ1n) is 12.2. The Bertz CT molecular complexity index is 1630. The van der Waals surface area contributed by atoms with Gasteiger partial charge in [0, 0.05) is 28.1 Å². The number of hydrogen-bond acceptors (Lipinski definition) is 4. The van der Waals surface area contributed by atoms with Crippen LogP contribution in [0.15, 0.2) is 115 Å². The minimum absolute atomic E-state index is 0.170. The third kappa shape index (κ3) is 3.07. The van der Waals surface area contributed by atoms with E-state index >= 15 is 0 Å². The molecule has 4 heteroatoms. The van der Waals surface area contributed by atoms with Crippen molar-refractivity contribution in [1.82, 2.24) is 0 Å². The number of nitriles is 2. The van der Waals surface area contributed by atoms with Crippen LogP contribution in [0.1, 0.15) is 22.9 Å². The van der Waals surface area contributed by atoms with Crippen molar-refractivity contribution < 1.29 is 0 Å². The minimum Gasteiger partial charge on any atom is -0.315 e. The van der Waals surface area contributed by atoms with Crippen LogP contribution in [-0.2, 0) is 0 Å². The number of hydrogen-bond donors (Lipinski definition) is 0. The second-order valence-corrected chi connectivity index (χ2v) is 9.23. The minimum atomic E-state index is -0.170. The summed E-state index contributed by atoms with van der Waals surface area (Å²) in [6.07, 6.45) is -0.170. The van der Waals surface area contributed by atoms with Gasteiger partial charge in [0.2, 0.25) is 0 Å². The predicted molar refractivity (Wildman–Crippen MR) is 147 cm³/mol. The maximum atomic E-state index is 9.42. The van der Waals surface area contributed by atoms with Gasteiger partial charge in [-0.1, -0.05) is 54.6 Å². The third-order valence-electron chi connectivity index (χ3n) is 7.31. The molecule has 0 aliphatic carbocycles. The van der Waals surface area contributed by atoms with Crippen molar-refractivity contribution in [2.75, 3.05) is 9.80 Å². The second kappa shape index (κ2) is 8.12. The molecule has 5 aromatic rings. The molecule has 2 aliphatic rings. The van der Waals surface area contributed by atoms with E-state index in [4.69, 9.17) is 0 Å². The van der Waals surface area contributed by atoms with Gasteiger partial charge in [0.1, 0.15) is 6.17 Å². The monoisotopic (exact) mass is 472 g/mol. The van der Waals surface area contributed by atoms with Crippen molar-refractivity contribution in [3.8, 4) is 34.4 Å². The average molecular weight is 473 g/mol. The standard InChI is InChI=1S/C33H20N4/c34-20-22-12-16-24(17-13-22)36-30-10-3-1-6-26(30)28-8-5-9-29-27-7-2-4-11-31(27)37(33(36)32(28)29)25-18-14-23(21-35)15-19-25/h1-19,33H. The van der Waals surface area contributed by atoms with Crippen molar-refractivity contribution in [3.63, 3.8) is 0 Å². The van der Waals surface area contributed by atoms with Crippen LogP contribution in [0.4, 0.5) is 22.7 Å². The van der Waals surface area contributed by atoms with Crippen LogP contribution in [0.3, 0.4) is 0 Å². The molecule has 0 N–H and O–H groups in total. The van der Waals surface area contributed by atoms with Crippen molar-refractivity contribution in [3.05, 3.63) is 132 Å². The molecule has 0 amide bonds. The number of rotatable bonds is 2. The highest BCUT2D eigenvalue weighted by atomic mass is 15.4. The Hall–Kier alpha value is -5.32. The molecule has 172 valence electrons. The lowest BCUT2D eigenvalue weighted by molar-refractivity contribution is 0.694. The highest BCUT2D eigenvalue weighted by Gasteiger charge is 2.42. The summed E-state index contributed by atoms with van der Waals surface area (Å²) >= 11 is 0. The van der Waals surface area contributed by atoms with Crippen LogP contribution in [0, 0.1) is 22.7 Å². The van der Waals surface area contributed by atoms with Gasteiger partial charge in [-0.2, -0.15) is 10.5 Å². The molecule has 5 aromatic carbocycles. The van der Waals surface area contributed by atoms with E-state index in [0.29, 0.717) is 11.1 Å². The zero-order valence-corrected chi connectivity index (χ0v) is 19.8. The van der Waals surface area contributed by atoms with Gasteiger partial charge < -0.3 is 9.80 Å². The van der Waals surface area contributed by atoms with Crippen molar-refractivity contribution in [2.24, 2.45) is 0 Å². The molecule has 0 atom stereocenters. The quantitative estimate of drug-likeness (QED) is 0.261. The fourth-order valence-electron chi connectivity index (χ4n) is 5.73. The summed E-state index contributed by atoms with van der Waals surface area (Å²) in [6.45, 7) is 0. The Morgan fingerprint density at radius 1 is 0.459 bits per heavy atom. The van der Waals surface area contributed by atoms with Gasteiger partial charge in [0.15, 0.2) is 0 Å². The number of benzene rings is 5. The van der Waals surface area contributed by atoms with Gasteiger partial charge in [0.25, 0.3) is 0 Å². The summed E-state index contributed by atoms with van der Waals surface area (Å²) in [5.74, 6) is 0. The zero-order valence-electron chi connectivity index (χ0n) is 19.8. The normalized spacial score (nSPS) is 13.1. The smallest absolute Gasteiger partial charge is 0.138 e. The van der Waals surface area contributed by atoms with E-state index < -0.39 is 0 Å². The van der Waals surface area contributed by atoms with Crippen molar-refractivity contribution in [1.29, 1.82) is 10.5 Å². The van der Waals surface area contributed by atoms with Crippen molar-refractivity contribution >= 4 is 22.7 Å². The van der Waals surface area contributed by atoms with E-state index in [1.165, 1.54) is 27.8 Å². The molecule has 7 rings (SSSR count).